The summed E-state index contributed by atoms with van der Waals surface area (Å²) in [6, 6.07) is 26.9. The number of allylic oxidation sites excluding steroid dienone is 1. The van der Waals surface area contributed by atoms with Crippen molar-refractivity contribution in [1.29, 1.82) is 0 Å². The van der Waals surface area contributed by atoms with Crippen LogP contribution < -0.4 is 9.47 Å². The summed E-state index contributed by atoms with van der Waals surface area (Å²) < 4.78 is 61.8. The SMILES string of the molecule is C=CCO[C@@]12Oc3ccc(OCc4ccccc4F)cc3[C@H]3[C@H](CCCCO)[C@@H](CCCCO)C=C(C(=NOCC)C[C@@H]1N(Cc1ccc(F)cc1)C(=O)OCCOCc1ccccc1)[C@H]32. The van der Waals surface area contributed by atoms with Gasteiger partial charge in [0.05, 0.1) is 31.5 Å². The Bertz CT molecular complexity index is 2260. The van der Waals surface area contributed by atoms with Crippen molar-refractivity contribution < 1.29 is 52.3 Å². The van der Waals surface area contributed by atoms with Crippen molar-refractivity contribution >= 4 is 11.8 Å². The summed E-state index contributed by atoms with van der Waals surface area (Å²) in [5.41, 5.74) is 4.40. The smallest absolute Gasteiger partial charge is 0.410 e. The average Bonchev–Trinajstić information content (AvgIpc) is 3.33. The minimum atomic E-state index is -1.56. The maximum absolute atomic E-state index is 14.8. The van der Waals surface area contributed by atoms with Gasteiger partial charge in [0.1, 0.15) is 49.0 Å². The van der Waals surface area contributed by atoms with Gasteiger partial charge < -0.3 is 38.7 Å². The van der Waals surface area contributed by atoms with Crippen molar-refractivity contribution in [3.8, 4) is 11.5 Å². The molecule has 1 heterocycles. The minimum absolute atomic E-state index is 0.00660. The molecule has 13 heteroatoms. The van der Waals surface area contributed by atoms with Crippen LogP contribution in [0.15, 0.2) is 127 Å². The van der Waals surface area contributed by atoms with Crippen LogP contribution in [0.3, 0.4) is 0 Å². The second kappa shape index (κ2) is 23.7. The van der Waals surface area contributed by atoms with Crippen LogP contribution in [0.1, 0.15) is 80.0 Å². The summed E-state index contributed by atoms with van der Waals surface area (Å²) in [5, 5.41) is 24.6. The van der Waals surface area contributed by atoms with Gasteiger partial charge in [-0.25, -0.2) is 13.6 Å². The van der Waals surface area contributed by atoms with E-state index in [0.29, 0.717) is 54.4 Å². The number of amides is 1. The first-order valence-electron chi connectivity index (χ1n) is 23.2. The molecule has 11 nitrogen and oxygen atoms in total. The van der Waals surface area contributed by atoms with Crippen LogP contribution >= 0.6 is 0 Å². The fourth-order valence-corrected chi connectivity index (χ4v) is 9.78. The molecular formula is C53H62F2N2O9. The fraction of sp³-hybridized carbons (Fsp3) is 0.434. The first kappa shape index (κ1) is 48.3. The molecule has 1 fully saturated rings. The first-order chi connectivity index (χ1) is 32.3. The van der Waals surface area contributed by atoms with Crippen molar-refractivity contribution in [2.24, 2.45) is 22.9 Å². The van der Waals surface area contributed by atoms with E-state index in [9.17, 15) is 23.8 Å². The number of nitrogens with zero attached hydrogens (tertiary/aromatic N) is 2. The molecule has 0 bridgehead atoms. The van der Waals surface area contributed by atoms with Crippen LogP contribution in [-0.2, 0) is 38.8 Å². The largest absolute Gasteiger partial charge is 0.489 e. The zero-order chi connectivity index (χ0) is 46.3. The number of carbonyl (C=O) groups excluding carboxylic acids is 1. The van der Waals surface area contributed by atoms with E-state index < -0.39 is 29.7 Å². The molecule has 4 aromatic rings. The Kier molecular flexibility index (Phi) is 17.4. The predicted molar refractivity (Wildman–Crippen MR) is 247 cm³/mol. The Morgan fingerprint density at radius 1 is 0.909 bits per heavy atom. The molecule has 2 N–H and O–H groups in total. The average molecular weight is 909 g/mol. The molecule has 0 unspecified atom stereocenters. The number of hydrogen-bond acceptors (Lipinski definition) is 10. The van der Waals surface area contributed by atoms with Crippen LogP contribution in [0.2, 0.25) is 0 Å². The van der Waals surface area contributed by atoms with E-state index in [-0.39, 0.29) is 76.2 Å². The van der Waals surface area contributed by atoms with Gasteiger partial charge in [0.25, 0.3) is 0 Å². The van der Waals surface area contributed by atoms with E-state index in [2.05, 4.69) is 12.7 Å². The minimum Gasteiger partial charge on any atom is -0.489 e. The Hall–Kier alpha value is -5.60. The van der Waals surface area contributed by atoms with Gasteiger partial charge in [-0.2, -0.15) is 0 Å². The molecule has 66 heavy (non-hydrogen) atoms. The third-order valence-corrected chi connectivity index (χ3v) is 12.7. The van der Waals surface area contributed by atoms with E-state index in [1.807, 2.05) is 49.4 Å². The Morgan fingerprint density at radius 3 is 2.41 bits per heavy atom. The number of unbranched alkanes of at least 4 members (excludes halogenated alkanes) is 2. The second-order valence-corrected chi connectivity index (χ2v) is 17.0. The number of carbonyl (C=O) groups is 1. The van der Waals surface area contributed by atoms with Crippen molar-refractivity contribution in [1.82, 2.24) is 4.90 Å². The highest BCUT2D eigenvalue weighted by molar-refractivity contribution is 6.03. The summed E-state index contributed by atoms with van der Waals surface area (Å²) in [6.07, 6.45) is 7.67. The molecule has 0 radical (unpaired) electrons. The molecule has 0 spiro atoms. The van der Waals surface area contributed by atoms with E-state index in [1.165, 1.54) is 18.2 Å². The van der Waals surface area contributed by atoms with Crippen molar-refractivity contribution in [2.45, 2.75) is 89.4 Å². The zero-order valence-corrected chi connectivity index (χ0v) is 37.7. The second-order valence-electron chi connectivity index (χ2n) is 17.0. The van der Waals surface area contributed by atoms with Crippen LogP contribution in [0.25, 0.3) is 0 Å². The third kappa shape index (κ3) is 11.5. The zero-order valence-electron chi connectivity index (χ0n) is 37.7. The summed E-state index contributed by atoms with van der Waals surface area (Å²) in [6.45, 7) is 6.80. The highest BCUT2D eigenvalue weighted by atomic mass is 19.1. The molecule has 7 rings (SSSR count). The first-order valence-corrected chi connectivity index (χ1v) is 23.2. The molecule has 4 aromatic carbocycles. The van der Waals surface area contributed by atoms with Gasteiger partial charge in [-0.15, -0.1) is 6.58 Å². The molecule has 2 aliphatic carbocycles. The maximum Gasteiger partial charge on any atom is 0.410 e. The number of benzene rings is 4. The van der Waals surface area contributed by atoms with Gasteiger partial charge in [0.15, 0.2) is 0 Å². The monoisotopic (exact) mass is 908 g/mol. The molecule has 0 saturated heterocycles. The molecular weight excluding hydrogens is 847 g/mol. The lowest BCUT2D eigenvalue weighted by Crippen LogP contribution is -2.70. The number of oxime groups is 1. The number of aliphatic hydroxyl groups is 2. The van der Waals surface area contributed by atoms with Crippen LogP contribution in [0.4, 0.5) is 13.6 Å². The van der Waals surface area contributed by atoms with E-state index in [4.69, 9.17) is 33.7 Å². The van der Waals surface area contributed by atoms with E-state index in [1.54, 1.807) is 47.4 Å². The lowest BCUT2D eigenvalue weighted by atomic mass is 9.55. The van der Waals surface area contributed by atoms with Crippen molar-refractivity contribution in [2.75, 3.05) is 39.6 Å². The van der Waals surface area contributed by atoms with Crippen molar-refractivity contribution in [3.63, 3.8) is 0 Å². The maximum atomic E-state index is 14.8. The predicted octanol–water partition coefficient (Wildman–Crippen LogP) is 10.1. The Labute approximate surface area is 386 Å². The molecule has 1 amide bonds. The molecule has 1 saturated carbocycles. The van der Waals surface area contributed by atoms with Gasteiger partial charge in [-0.3, -0.25) is 4.90 Å². The van der Waals surface area contributed by atoms with E-state index >= 15 is 0 Å². The summed E-state index contributed by atoms with van der Waals surface area (Å²) in [4.78, 5) is 22.3. The lowest BCUT2D eigenvalue weighted by Gasteiger charge is -2.59. The highest BCUT2D eigenvalue weighted by Crippen LogP contribution is 2.62. The number of aliphatic hydroxyl groups excluding tert-OH is 2. The van der Waals surface area contributed by atoms with Gasteiger partial charge in [-0.1, -0.05) is 90.8 Å². The summed E-state index contributed by atoms with van der Waals surface area (Å²) >= 11 is 0. The van der Waals surface area contributed by atoms with Gasteiger partial charge in [0.2, 0.25) is 5.79 Å². The number of hydrogen-bond donors (Lipinski definition) is 2. The lowest BCUT2D eigenvalue weighted by molar-refractivity contribution is -0.256. The van der Waals surface area contributed by atoms with Crippen LogP contribution in [0, 0.1) is 29.4 Å². The number of ether oxygens (including phenoxy) is 5. The van der Waals surface area contributed by atoms with Gasteiger partial charge in [0, 0.05) is 43.2 Å². The molecule has 3 aliphatic rings. The number of halogens is 2. The summed E-state index contributed by atoms with van der Waals surface area (Å²) in [7, 11) is 0. The Balaban J connectivity index is 1.36. The van der Waals surface area contributed by atoms with E-state index in [0.717, 1.165) is 42.4 Å². The number of rotatable bonds is 24. The van der Waals surface area contributed by atoms with Crippen LogP contribution in [0.5, 0.6) is 11.5 Å². The summed E-state index contributed by atoms with van der Waals surface area (Å²) in [5.74, 6) is -2.22. The third-order valence-electron chi connectivity index (χ3n) is 12.7. The van der Waals surface area contributed by atoms with Crippen LogP contribution in [-0.4, -0.2) is 78.4 Å². The fourth-order valence-electron chi connectivity index (χ4n) is 9.78. The normalized spacial score (nSPS) is 22.3. The van der Waals surface area contributed by atoms with Gasteiger partial charge in [-0.05, 0) is 97.5 Å². The number of fused-ring (bicyclic) bond motifs is 2. The van der Waals surface area contributed by atoms with Gasteiger partial charge >= 0.3 is 6.09 Å². The van der Waals surface area contributed by atoms with Crippen molar-refractivity contribution in [3.05, 3.63) is 155 Å². The highest BCUT2D eigenvalue weighted by Gasteiger charge is 2.65. The molecule has 0 aromatic heterocycles. The molecule has 1 aliphatic heterocycles. The molecule has 6 atom stereocenters. The standard InChI is InChI=1S/C53H62F2N2O9/c1-3-28-64-53-49(57(34-37-20-22-41(54)23-21-37)52(60)62-30-29-61-35-38-14-6-5-7-15-38)33-47(56-65-4-2)44-31-39(16-10-12-26-58)43(18-11-13-27-59)50(51(44)53)45-32-42(24-25-48(45)66-53)63-36-40-17-8-9-19-46(40)55/h3,5-9,14-15,17,19-25,31-32,39,43,49-51,58-59H,1,4,10-13,16,18,26-30,33-36H2,2H3/t39-,43+,49-,50+,51+,53+/m0/s1. The molecule has 352 valence electrons. The topological polar surface area (TPSA) is 129 Å². The Morgan fingerprint density at radius 2 is 1.67 bits per heavy atom. The quantitative estimate of drug-likeness (QED) is 0.0401.